The van der Waals surface area contributed by atoms with E-state index in [1.54, 1.807) is 0 Å². The van der Waals surface area contributed by atoms with Crippen LogP contribution in [-0.2, 0) is 13.0 Å². The van der Waals surface area contributed by atoms with Crippen LogP contribution in [0.5, 0.6) is 0 Å². The van der Waals surface area contributed by atoms with E-state index in [4.69, 9.17) is 16.1 Å². The van der Waals surface area contributed by atoms with Gasteiger partial charge < -0.3 is 15.2 Å². The van der Waals surface area contributed by atoms with Crippen LogP contribution in [0.1, 0.15) is 50.4 Å². The largest absolute Gasteiger partial charge is 0.357 e. The molecule has 2 N–H and O–H groups in total. The standard InChI is InChI=1S/C18H26ClN5O/c1-4-20-18(22-12-14-7-5-8-15(19)11-14)21-10-6-9-16-23-17(13(2)3)24-25-16/h5,7-8,11,13H,4,6,9-10,12H2,1-3H3,(H2,20,21,22). The normalized spacial score (nSPS) is 11.8. The number of hydrogen-bond donors (Lipinski definition) is 2. The van der Waals surface area contributed by atoms with E-state index in [0.717, 1.165) is 48.3 Å². The lowest BCUT2D eigenvalue weighted by Crippen LogP contribution is -2.37. The second-order valence-electron chi connectivity index (χ2n) is 6.06. The van der Waals surface area contributed by atoms with Crippen molar-refractivity contribution in [2.75, 3.05) is 13.1 Å². The lowest BCUT2D eigenvalue weighted by molar-refractivity contribution is 0.368. The molecule has 0 aliphatic carbocycles. The summed E-state index contributed by atoms with van der Waals surface area (Å²) in [4.78, 5) is 8.96. The first-order valence-electron chi connectivity index (χ1n) is 8.67. The Labute approximate surface area is 154 Å². The quantitative estimate of drug-likeness (QED) is 0.426. The molecule has 1 aromatic carbocycles. The minimum atomic E-state index is 0.287. The molecule has 7 heteroatoms. The van der Waals surface area contributed by atoms with E-state index in [2.05, 4.69) is 39.6 Å². The first kappa shape index (κ1) is 19.2. The van der Waals surface area contributed by atoms with E-state index in [-0.39, 0.29) is 5.92 Å². The maximum Gasteiger partial charge on any atom is 0.226 e. The highest BCUT2D eigenvalue weighted by Crippen LogP contribution is 2.11. The molecule has 0 aliphatic heterocycles. The summed E-state index contributed by atoms with van der Waals surface area (Å²) < 4.78 is 5.25. The van der Waals surface area contributed by atoms with Gasteiger partial charge in [0.05, 0.1) is 6.54 Å². The van der Waals surface area contributed by atoms with Crippen LogP contribution in [0, 0.1) is 0 Å². The van der Waals surface area contributed by atoms with Gasteiger partial charge in [-0.05, 0) is 31.0 Å². The van der Waals surface area contributed by atoms with E-state index in [0.29, 0.717) is 12.4 Å². The molecule has 25 heavy (non-hydrogen) atoms. The predicted molar refractivity (Wildman–Crippen MR) is 101 cm³/mol. The zero-order valence-corrected chi connectivity index (χ0v) is 15.8. The summed E-state index contributed by atoms with van der Waals surface area (Å²) in [5, 5.41) is 11.3. The summed E-state index contributed by atoms with van der Waals surface area (Å²) in [6, 6.07) is 7.74. The second-order valence-corrected chi connectivity index (χ2v) is 6.49. The van der Waals surface area contributed by atoms with Crippen LogP contribution in [0.15, 0.2) is 33.8 Å². The summed E-state index contributed by atoms with van der Waals surface area (Å²) >= 11 is 6.00. The number of aromatic nitrogens is 2. The van der Waals surface area contributed by atoms with E-state index in [1.807, 2.05) is 31.2 Å². The summed E-state index contributed by atoms with van der Waals surface area (Å²) in [6.45, 7) is 8.31. The molecule has 2 rings (SSSR count). The number of benzene rings is 1. The molecule has 0 radical (unpaired) electrons. The predicted octanol–water partition coefficient (Wildman–Crippen LogP) is 3.53. The molecule has 1 heterocycles. The second kappa shape index (κ2) is 10.0. The summed E-state index contributed by atoms with van der Waals surface area (Å²) in [6.07, 6.45) is 1.64. The lowest BCUT2D eigenvalue weighted by Gasteiger charge is -2.10. The van der Waals surface area contributed by atoms with E-state index >= 15 is 0 Å². The summed E-state index contributed by atoms with van der Waals surface area (Å²) in [7, 11) is 0. The minimum Gasteiger partial charge on any atom is -0.357 e. The molecule has 0 amide bonds. The van der Waals surface area contributed by atoms with Crippen molar-refractivity contribution in [1.82, 2.24) is 20.8 Å². The van der Waals surface area contributed by atoms with Crippen LogP contribution in [-0.4, -0.2) is 29.2 Å². The van der Waals surface area contributed by atoms with Gasteiger partial charge in [0.1, 0.15) is 0 Å². The van der Waals surface area contributed by atoms with Crippen LogP contribution in [0.4, 0.5) is 0 Å². The maximum atomic E-state index is 6.00. The van der Waals surface area contributed by atoms with Gasteiger partial charge in [0.25, 0.3) is 0 Å². The highest BCUT2D eigenvalue weighted by Gasteiger charge is 2.09. The summed E-state index contributed by atoms with van der Waals surface area (Å²) in [5.41, 5.74) is 1.08. The monoisotopic (exact) mass is 363 g/mol. The average molecular weight is 364 g/mol. The van der Waals surface area contributed by atoms with Crippen LogP contribution >= 0.6 is 11.6 Å². The smallest absolute Gasteiger partial charge is 0.226 e. The van der Waals surface area contributed by atoms with Gasteiger partial charge in [0, 0.05) is 30.5 Å². The Balaban J connectivity index is 1.79. The summed E-state index contributed by atoms with van der Waals surface area (Å²) in [5.74, 6) is 2.52. The van der Waals surface area contributed by atoms with Gasteiger partial charge in [0.15, 0.2) is 11.8 Å². The van der Waals surface area contributed by atoms with Crippen molar-refractivity contribution in [3.8, 4) is 0 Å². The number of rotatable bonds is 8. The Morgan fingerprint density at radius 1 is 1.32 bits per heavy atom. The van der Waals surface area contributed by atoms with E-state index in [1.165, 1.54) is 0 Å². The molecule has 0 aliphatic rings. The fourth-order valence-electron chi connectivity index (χ4n) is 2.20. The van der Waals surface area contributed by atoms with Crippen molar-refractivity contribution >= 4 is 17.6 Å². The third-order valence-corrected chi connectivity index (χ3v) is 3.75. The minimum absolute atomic E-state index is 0.287. The number of nitrogens with one attached hydrogen (secondary N) is 2. The van der Waals surface area contributed by atoms with Crippen LogP contribution in [0.3, 0.4) is 0 Å². The van der Waals surface area contributed by atoms with Crippen molar-refractivity contribution in [1.29, 1.82) is 0 Å². The van der Waals surface area contributed by atoms with Gasteiger partial charge in [-0.25, -0.2) is 4.99 Å². The Hall–Kier alpha value is -2.08. The van der Waals surface area contributed by atoms with Crippen molar-refractivity contribution in [2.24, 2.45) is 4.99 Å². The van der Waals surface area contributed by atoms with Crippen LogP contribution in [0.2, 0.25) is 5.02 Å². The zero-order chi connectivity index (χ0) is 18.1. The molecule has 0 spiro atoms. The Morgan fingerprint density at radius 2 is 2.16 bits per heavy atom. The maximum absolute atomic E-state index is 6.00. The molecule has 0 saturated carbocycles. The first-order valence-corrected chi connectivity index (χ1v) is 9.05. The fourth-order valence-corrected chi connectivity index (χ4v) is 2.41. The third kappa shape index (κ3) is 6.74. The molecule has 6 nitrogen and oxygen atoms in total. The third-order valence-electron chi connectivity index (χ3n) is 3.51. The highest BCUT2D eigenvalue weighted by molar-refractivity contribution is 6.30. The number of aliphatic imine (C=N–C) groups is 1. The van der Waals surface area contributed by atoms with Gasteiger partial charge in [0.2, 0.25) is 5.89 Å². The number of hydrogen-bond acceptors (Lipinski definition) is 4. The lowest BCUT2D eigenvalue weighted by atomic mass is 10.2. The van der Waals surface area contributed by atoms with Crippen molar-refractivity contribution in [2.45, 2.75) is 46.1 Å². The Morgan fingerprint density at radius 3 is 2.84 bits per heavy atom. The molecule has 136 valence electrons. The molecule has 2 aromatic rings. The van der Waals surface area contributed by atoms with Crippen molar-refractivity contribution in [3.05, 3.63) is 46.6 Å². The van der Waals surface area contributed by atoms with Gasteiger partial charge >= 0.3 is 0 Å². The van der Waals surface area contributed by atoms with E-state index < -0.39 is 0 Å². The SMILES string of the molecule is CCNC(=NCc1cccc(Cl)c1)NCCCc1nc(C(C)C)no1. The fraction of sp³-hybridized carbons (Fsp3) is 0.500. The first-order chi connectivity index (χ1) is 12.1. The molecule has 1 aromatic heterocycles. The van der Waals surface area contributed by atoms with Gasteiger partial charge in [-0.2, -0.15) is 4.98 Å². The molecule has 0 atom stereocenters. The molecule has 0 fully saturated rings. The number of nitrogens with zero attached hydrogens (tertiary/aromatic N) is 3. The van der Waals surface area contributed by atoms with Crippen LogP contribution < -0.4 is 10.6 Å². The van der Waals surface area contributed by atoms with Gasteiger partial charge in [-0.1, -0.05) is 42.7 Å². The van der Waals surface area contributed by atoms with Crippen LogP contribution in [0.25, 0.3) is 0 Å². The average Bonchev–Trinajstić information content (AvgIpc) is 3.06. The van der Waals surface area contributed by atoms with Gasteiger partial charge in [-0.3, -0.25) is 0 Å². The van der Waals surface area contributed by atoms with Gasteiger partial charge in [-0.15, -0.1) is 0 Å². The Bertz CT molecular complexity index is 684. The van der Waals surface area contributed by atoms with Crippen molar-refractivity contribution < 1.29 is 4.52 Å². The molecule has 0 unspecified atom stereocenters. The molecular formula is C18H26ClN5O. The molecular weight excluding hydrogens is 338 g/mol. The number of halogens is 1. The number of aryl methyl sites for hydroxylation is 1. The Kier molecular flexibility index (Phi) is 7.73. The topological polar surface area (TPSA) is 75.3 Å². The molecule has 0 saturated heterocycles. The number of guanidine groups is 1. The highest BCUT2D eigenvalue weighted by atomic mass is 35.5. The van der Waals surface area contributed by atoms with E-state index in [9.17, 15) is 0 Å². The zero-order valence-electron chi connectivity index (χ0n) is 15.1. The van der Waals surface area contributed by atoms with Crippen molar-refractivity contribution in [3.63, 3.8) is 0 Å². The molecule has 0 bridgehead atoms.